The van der Waals surface area contributed by atoms with E-state index in [1.165, 1.54) is 0 Å². The summed E-state index contributed by atoms with van der Waals surface area (Å²) in [6, 6.07) is 7.34. The lowest BCUT2D eigenvalue weighted by Crippen LogP contribution is -2.19. The Kier molecular flexibility index (Phi) is 3.61. The van der Waals surface area contributed by atoms with Crippen LogP contribution in [0.25, 0.3) is 6.08 Å². The predicted molar refractivity (Wildman–Crippen MR) is 71.5 cm³/mol. The number of carboxylic acids is 1. The summed E-state index contributed by atoms with van der Waals surface area (Å²) in [5.74, 6) is -1.54. The Balaban J connectivity index is 2.42. The molecule has 1 aliphatic rings. The molecule has 1 aliphatic heterocycles. The van der Waals surface area contributed by atoms with E-state index in [1.807, 2.05) is 24.3 Å². The fourth-order valence-corrected chi connectivity index (χ4v) is 1.83. The zero-order chi connectivity index (χ0) is 13.8. The van der Waals surface area contributed by atoms with Crippen molar-refractivity contribution >= 4 is 29.4 Å². The summed E-state index contributed by atoms with van der Waals surface area (Å²) in [4.78, 5) is 21.9. The van der Waals surface area contributed by atoms with Crippen LogP contribution in [0.5, 0.6) is 0 Å². The normalized spacial score (nSPS) is 13.5. The van der Waals surface area contributed by atoms with Crippen LogP contribution in [0.3, 0.4) is 0 Å². The van der Waals surface area contributed by atoms with Crippen molar-refractivity contribution in [1.29, 1.82) is 0 Å². The SMILES string of the molecule is NC(=O)CC1=NNc2ccccc2C=C1CC(=O)O. The van der Waals surface area contributed by atoms with Gasteiger partial charge in [-0.3, -0.25) is 15.0 Å². The van der Waals surface area contributed by atoms with E-state index >= 15 is 0 Å². The zero-order valence-corrected chi connectivity index (χ0v) is 10.1. The number of carboxylic acid groups (broad SMARTS) is 1. The van der Waals surface area contributed by atoms with E-state index in [4.69, 9.17) is 10.8 Å². The molecule has 0 unspecified atom stereocenters. The van der Waals surface area contributed by atoms with Gasteiger partial charge in [0, 0.05) is 0 Å². The molecule has 0 saturated heterocycles. The van der Waals surface area contributed by atoms with Crippen LogP contribution in [-0.4, -0.2) is 22.7 Å². The largest absolute Gasteiger partial charge is 0.481 e. The molecule has 1 aromatic carbocycles. The number of hydrogen-bond donors (Lipinski definition) is 3. The Morgan fingerprint density at radius 1 is 1.26 bits per heavy atom. The van der Waals surface area contributed by atoms with Crippen LogP contribution < -0.4 is 11.2 Å². The monoisotopic (exact) mass is 259 g/mol. The molecule has 1 aromatic rings. The summed E-state index contributed by atoms with van der Waals surface area (Å²) in [7, 11) is 0. The van der Waals surface area contributed by atoms with E-state index in [1.54, 1.807) is 6.08 Å². The molecule has 0 radical (unpaired) electrons. The molecular weight excluding hydrogens is 246 g/mol. The minimum atomic E-state index is -0.984. The molecular formula is C13H13N3O3. The second-order valence-electron chi connectivity index (χ2n) is 4.14. The van der Waals surface area contributed by atoms with Crippen LogP contribution in [-0.2, 0) is 9.59 Å². The standard InChI is InChI=1S/C13H13N3O3/c14-12(17)7-11-9(6-13(18)19)5-8-3-1-2-4-10(8)15-16-11/h1-5,15H,6-7H2,(H2,14,17)(H,18,19). The molecule has 2 rings (SSSR count). The van der Waals surface area contributed by atoms with Crippen molar-refractivity contribution in [3.8, 4) is 0 Å². The van der Waals surface area contributed by atoms with E-state index in [2.05, 4.69) is 10.5 Å². The average Bonchev–Trinajstić information content (AvgIpc) is 2.49. The molecule has 0 spiro atoms. The molecule has 98 valence electrons. The van der Waals surface area contributed by atoms with Gasteiger partial charge in [0.2, 0.25) is 5.91 Å². The Hall–Kier alpha value is -2.63. The molecule has 0 saturated carbocycles. The molecule has 1 heterocycles. The first-order chi connectivity index (χ1) is 9.06. The maximum Gasteiger partial charge on any atom is 0.307 e. The summed E-state index contributed by atoms with van der Waals surface area (Å²) < 4.78 is 0. The summed E-state index contributed by atoms with van der Waals surface area (Å²) >= 11 is 0. The number of fused-ring (bicyclic) bond motifs is 1. The third-order valence-corrected chi connectivity index (χ3v) is 2.66. The quantitative estimate of drug-likeness (QED) is 0.755. The summed E-state index contributed by atoms with van der Waals surface area (Å²) in [6.07, 6.45) is 1.41. The highest BCUT2D eigenvalue weighted by molar-refractivity contribution is 6.14. The third kappa shape index (κ3) is 3.19. The zero-order valence-electron chi connectivity index (χ0n) is 10.1. The van der Waals surface area contributed by atoms with Crippen molar-refractivity contribution in [2.75, 3.05) is 5.43 Å². The number of anilines is 1. The van der Waals surface area contributed by atoms with Gasteiger partial charge in [0.05, 0.1) is 24.2 Å². The summed E-state index contributed by atoms with van der Waals surface area (Å²) in [5, 5.41) is 13.0. The summed E-state index contributed by atoms with van der Waals surface area (Å²) in [6.45, 7) is 0. The number of nitrogens with one attached hydrogen (secondary N) is 1. The average molecular weight is 259 g/mol. The Labute approximate surface area is 109 Å². The molecule has 0 aliphatic carbocycles. The fourth-order valence-electron chi connectivity index (χ4n) is 1.83. The third-order valence-electron chi connectivity index (χ3n) is 2.66. The summed E-state index contributed by atoms with van der Waals surface area (Å²) in [5.41, 5.74) is 10.4. The van der Waals surface area contributed by atoms with Crippen molar-refractivity contribution in [3.63, 3.8) is 0 Å². The number of nitrogens with two attached hydrogens (primary N) is 1. The molecule has 0 atom stereocenters. The molecule has 0 bridgehead atoms. The molecule has 0 fully saturated rings. The van der Waals surface area contributed by atoms with Crippen molar-refractivity contribution in [2.45, 2.75) is 12.8 Å². The fraction of sp³-hybridized carbons (Fsp3) is 0.154. The van der Waals surface area contributed by atoms with E-state index in [0.717, 1.165) is 11.3 Å². The number of carbonyl (C=O) groups excluding carboxylic acids is 1. The lowest BCUT2D eigenvalue weighted by molar-refractivity contribution is -0.136. The van der Waals surface area contributed by atoms with Gasteiger partial charge in [0.1, 0.15) is 0 Å². The van der Waals surface area contributed by atoms with E-state index < -0.39 is 11.9 Å². The van der Waals surface area contributed by atoms with Crippen LogP contribution in [0.4, 0.5) is 5.69 Å². The highest BCUT2D eigenvalue weighted by atomic mass is 16.4. The first-order valence-corrected chi connectivity index (χ1v) is 5.69. The molecule has 0 aromatic heterocycles. The Morgan fingerprint density at radius 2 is 2.00 bits per heavy atom. The highest BCUT2D eigenvalue weighted by Crippen LogP contribution is 2.24. The smallest absolute Gasteiger partial charge is 0.307 e. The molecule has 19 heavy (non-hydrogen) atoms. The lowest BCUT2D eigenvalue weighted by Gasteiger charge is -2.05. The van der Waals surface area contributed by atoms with Gasteiger partial charge in [-0.15, -0.1) is 0 Å². The van der Waals surface area contributed by atoms with Crippen LogP contribution in [0.1, 0.15) is 18.4 Å². The second-order valence-corrected chi connectivity index (χ2v) is 4.14. The minimum absolute atomic E-state index is 0.0971. The molecule has 6 nitrogen and oxygen atoms in total. The van der Waals surface area contributed by atoms with Crippen LogP contribution in [0.15, 0.2) is 34.9 Å². The predicted octanol–water partition coefficient (Wildman–Crippen LogP) is 1.20. The van der Waals surface area contributed by atoms with Crippen molar-refractivity contribution in [2.24, 2.45) is 10.8 Å². The van der Waals surface area contributed by atoms with Crippen molar-refractivity contribution in [3.05, 3.63) is 35.4 Å². The van der Waals surface area contributed by atoms with Gasteiger partial charge in [0.15, 0.2) is 0 Å². The number of nitrogens with zero attached hydrogens (tertiary/aromatic N) is 1. The van der Waals surface area contributed by atoms with Gasteiger partial charge in [0.25, 0.3) is 0 Å². The van der Waals surface area contributed by atoms with Crippen LogP contribution in [0, 0.1) is 0 Å². The molecule has 6 heteroatoms. The number of rotatable bonds is 4. The lowest BCUT2D eigenvalue weighted by atomic mass is 10.0. The second kappa shape index (κ2) is 5.34. The van der Waals surface area contributed by atoms with E-state index in [-0.39, 0.29) is 12.8 Å². The number of para-hydroxylation sites is 1. The van der Waals surface area contributed by atoms with Gasteiger partial charge < -0.3 is 10.8 Å². The number of hydrazone groups is 1. The van der Waals surface area contributed by atoms with Gasteiger partial charge in [-0.05, 0) is 23.3 Å². The number of amides is 1. The first-order valence-electron chi connectivity index (χ1n) is 5.69. The van der Waals surface area contributed by atoms with Crippen LogP contribution in [0.2, 0.25) is 0 Å². The van der Waals surface area contributed by atoms with Gasteiger partial charge in [-0.1, -0.05) is 18.2 Å². The maximum atomic E-state index is 11.0. The molecule has 1 amide bonds. The number of primary amides is 1. The van der Waals surface area contributed by atoms with Crippen molar-refractivity contribution < 1.29 is 14.7 Å². The van der Waals surface area contributed by atoms with Gasteiger partial charge in [-0.2, -0.15) is 5.10 Å². The topological polar surface area (TPSA) is 105 Å². The number of aliphatic carboxylic acids is 1. The Morgan fingerprint density at radius 3 is 2.68 bits per heavy atom. The minimum Gasteiger partial charge on any atom is -0.481 e. The number of hydrogen-bond acceptors (Lipinski definition) is 4. The van der Waals surface area contributed by atoms with E-state index in [9.17, 15) is 9.59 Å². The van der Waals surface area contributed by atoms with Gasteiger partial charge >= 0.3 is 5.97 Å². The molecule has 4 N–H and O–H groups in total. The van der Waals surface area contributed by atoms with Crippen LogP contribution >= 0.6 is 0 Å². The maximum absolute atomic E-state index is 11.0. The van der Waals surface area contributed by atoms with Crippen molar-refractivity contribution in [1.82, 2.24) is 0 Å². The Bertz CT molecular complexity index is 591. The van der Waals surface area contributed by atoms with E-state index in [0.29, 0.717) is 11.3 Å². The number of carbonyl (C=O) groups is 2. The highest BCUT2D eigenvalue weighted by Gasteiger charge is 2.17. The first kappa shape index (κ1) is 12.8. The van der Waals surface area contributed by atoms with Gasteiger partial charge in [-0.25, -0.2) is 0 Å². The number of benzene rings is 1.